The Morgan fingerprint density at radius 3 is 1.72 bits per heavy atom. The van der Waals surface area contributed by atoms with Crippen molar-refractivity contribution in [2.45, 2.75) is 68.6 Å². The standard InChI is InChI=1S/C36H36O8.C16H14O4/c1-19-15-29(25(7)33(38)28(19)17-37)43-36(40)32-21(3)23(5)34(24(6)22(32)4)44-35(39)31-20(2)14-27(16-30(31)41-8)42-18-26-12-10-9-11-13-26;1-10-14(12(18-2)8-13-15(10)20-13)16(17)19-9-11-6-4-3-5-7-11/h9-17,38H,18H2,1-8H3;3-8H,9H2,1-2H3. The van der Waals surface area contributed by atoms with Gasteiger partial charge in [0.15, 0.2) is 17.8 Å². The Morgan fingerprint density at radius 2 is 1.14 bits per heavy atom. The molecular weight excluding hydrogens is 817 g/mol. The second kappa shape index (κ2) is 19.6. The van der Waals surface area contributed by atoms with Crippen LogP contribution in [0.2, 0.25) is 0 Å². The van der Waals surface area contributed by atoms with Crippen molar-refractivity contribution in [2.24, 2.45) is 0 Å². The number of benzene rings is 6. The molecule has 0 saturated heterocycles. The summed E-state index contributed by atoms with van der Waals surface area (Å²) in [4.78, 5) is 50.6. The van der Waals surface area contributed by atoms with Gasteiger partial charge in [0.2, 0.25) is 0 Å². The first-order valence-electron chi connectivity index (χ1n) is 20.4. The van der Waals surface area contributed by atoms with Crippen LogP contribution in [0.3, 0.4) is 0 Å². The van der Waals surface area contributed by atoms with Gasteiger partial charge in [-0.25, -0.2) is 14.4 Å². The zero-order chi connectivity index (χ0) is 46.4. The van der Waals surface area contributed by atoms with Gasteiger partial charge in [-0.2, -0.15) is 0 Å². The normalized spacial score (nSPS) is 10.9. The molecule has 0 unspecified atom stereocenters. The van der Waals surface area contributed by atoms with Crippen molar-refractivity contribution in [2.75, 3.05) is 14.2 Å². The molecule has 7 rings (SSSR count). The Labute approximate surface area is 372 Å². The number of aromatic hydroxyl groups is 1. The van der Waals surface area contributed by atoms with Crippen LogP contribution in [-0.2, 0) is 18.0 Å². The number of hydrogen-bond acceptors (Lipinski definition) is 12. The topological polar surface area (TPSA) is 156 Å². The molecular formula is C52H50O12. The SMILES string of the molecule is COc1cc(OCc2ccccc2)cc(C)c1C(=O)Oc1c(C)c(C)c(C(=O)Oc2cc(C)c(C=O)c(O)c2C)c(C)c1C.COc1cc2c(c(C)c1C(=O)OCc1ccccc1)O2. The largest absolute Gasteiger partial charge is 0.507 e. The Kier molecular flexibility index (Phi) is 14.1. The highest BCUT2D eigenvalue weighted by atomic mass is 16.6. The zero-order valence-corrected chi connectivity index (χ0v) is 37.5. The molecule has 330 valence electrons. The molecule has 1 N–H and O–H groups in total. The van der Waals surface area contributed by atoms with E-state index in [1.54, 1.807) is 72.7 Å². The Hall–Kier alpha value is -7.60. The van der Waals surface area contributed by atoms with Gasteiger partial charge >= 0.3 is 17.9 Å². The summed E-state index contributed by atoms with van der Waals surface area (Å²) < 4.78 is 39.0. The van der Waals surface area contributed by atoms with Crippen LogP contribution in [0.5, 0.6) is 46.0 Å². The number of hydrogen-bond donors (Lipinski definition) is 1. The monoisotopic (exact) mass is 866 g/mol. The molecule has 0 atom stereocenters. The maximum absolute atomic E-state index is 13.6. The minimum Gasteiger partial charge on any atom is -0.507 e. The third-order valence-electron chi connectivity index (χ3n) is 11.2. The van der Waals surface area contributed by atoms with Gasteiger partial charge in [0, 0.05) is 23.3 Å². The number of methoxy groups -OCH3 is 2. The van der Waals surface area contributed by atoms with Gasteiger partial charge in [-0.15, -0.1) is 0 Å². The number of fused-ring (bicyclic) bond motifs is 1. The van der Waals surface area contributed by atoms with E-state index in [-0.39, 0.29) is 34.8 Å². The van der Waals surface area contributed by atoms with Crippen LogP contribution >= 0.6 is 0 Å². The summed E-state index contributed by atoms with van der Waals surface area (Å²) in [5, 5.41) is 10.4. The van der Waals surface area contributed by atoms with Crippen molar-refractivity contribution >= 4 is 24.2 Å². The van der Waals surface area contributed by atoms with Crippen LogP contribution in [0.15, 0.2) is 84.9 Å². The number of rotatable bonds is 13. The summed E-state index contributed by atoms with van der Waals surface area (Å²) in [6, 6.07) is 26.0. The molecule has 0 aliphatic carbocycles. The van der Waals surface area contributed by atoms with Crippen LogP contribution in [0, 0.1) is 55.4 Å². The van der Waals surface area contributed by atoms with Gasteiger partial charge in [-0.3, -0.25) is 4.79 Å². The first kappa shape index (κ1) is 45.9. The fourth-order valence-corrected chi connectivity index (χ4v) is 7.28. The Bertz CT molecular complexity index is 2740. The number of aryl methyl sites for hydroxylation is 2. The van der Waals surface area contributed by atoms with Crippen molar-refractivity contribution < 1.29 is 57.4 Å². The summed E-state index contributed by atoms with van der Waals surface area (Å²) >= 11 is 0. The quantitative estimate of drug-likeness (QED) is 0.0507. The van der Waals surface area contributed by atoms with Gasteiger partial charge in [0.05, 0.1) is 25.3 Å². The lowest BCUT2D eigenvalue weighted by atomic mass is 9.93. The van der Waals surface area contributed by atoms with E-state index in [9.17, 15) is 24.3 Å². The van der Waals surface area contributed by atoms with E-state index in [1.807, 2.05) is 67.6 Å². The van der Waals surface area contributed by atoms with E-state index in [0.29, 0.717) is 80.4 Å². The average molecular weight is 867 g/mol. The van der Waals surface area contributed by atoms with Gasteiger partial charge in [-0.05, 0) is 112 Å². The highest BCUT2D eigenvalue weighted by Crippen LogP contribution is 2.52. The van der Waals surface area contributed by atoms with Crippen molar-refractivity contribution in [1.82, 2.24) is 0 Å². The molecule has 64 heavy (non-hydrogen) atoms. The Morgan fingerprint density at radius 1 is 0.578 bits per heavy atom. The number of carbonyl (C=O) groups is 4. The molecule has 6 aromatic rings. The fourth-order valence-electron chi connectivity index (χ4n) is 7.28. The molecule has 0 aromatic heterocycles. The lowest BCUT2D eigenvalue weighted by Crippen LogP contribution is -2.18. The molecule has 1 aliphatic rings. The molecule has 1 aliphatic heterocycles. The maximum Gasteiger partial charge on any atom is 0.347 e. The average Bonchev–Trinajstić information content (AvgIpc) is 4.08. The molecule has 0 saturated carbocycles. The molecule has 0 bridgehead atoms. The van der Waals surface area contributed by atoms with Crippen molar-refractivity contribution in [3.8, 4) is 46.0 Å². The molecule has 0 amide bonds. The second-order valence-corrected chi connectivity index (χ2v) is 15.3. The number of phenolic OH excluding ortho intramolecular Hbond substituents is 1. The smallest absolute Gasteiger partial charge is 0.347 e. The molecule has 6 aromatic carbocycles. The van der Waals surface area contributed by atoms with E-state index in [2.05, 4.69) is 0 Å². The molecule has 0 radical (unpaired) electrons. The van der Waals surface area contributed by atoms with Gasteiger partial charge in [-0.1, -0.05) is 60.7 Å². The highest BCUT2D eigenvalue weighted by Gasteiger charge is 2.32. The van der Waals surface area contributed by atoms with Crippen molar-refractivity contribution in [1.29, 1.82) is 0 Å². The first-order chi connectivity index (χ1) is 30.6. The van der Waals surface area contributed by atoms with Crippen LogP contribution in [0.25, 0.3) is 0 Å². The second-order valence-electron chi connectivity index (χ2n) is 15.3. The summed E-state index contributed by atoms with van der Waals surface area (Å²) in [6.45, 7) is 14.5. The van der Waals surface area contributed by atoms with Crippen LogP contribution < -0.4 is 28.4 Å². The van der Waals surface area contributed by atoms with Gasteiger partial charge in [0.25, 0.3) is 0 Å². The maximum atomic E-state index is 13.6. The van der Waals surface area contributed by atoms with Crippen LogP contribution in [-0.4, -0.2) is 43.5 Å². The summed E-state index contributed by atoms with van der Waals surface area (Å²) in [6.07, 6.45) is 0.565. The van der Waals surface area contributed by atoms with Crippen LogP contribution in [0.1, 0.15) is 97.1 Å². The lowest BCUT2D eigenvalue weighted by molar-refractivity contribution is 0.0467. The third-order valence-corrected chi connectivity index (χ3v) is 11.2. The number of aldehydes is 1. The third kappa shape index (κ3) is 9.71. The summed E-state index contributed by atoms with van der Waals surface area (Å²) in [7, 11) is 3.00. The minimum atomic E-state index is -0.631. The number of carbonyl (C=O) groups excluding carboxylic acids is 4. The van der Waals surface area contributed by atoms with Crippen molar-refractivity contribution in [3.05, 3.63) is 163 Å². The Balaban J connectivity index is 0.000000281. The van der Waals surface area contributed by atoms with Crippen LogP contribution in [0.4, 0.5) is 0 Å². The van der Waals surface area contributed by atoms with E-state index in [4.69, 9.17) is 33.2 Å². The summed E-state index contributed by atoms with van der Waals surface area (Å²) in [5.74, 6) is 1.49. The van der Waals surface area contributed by atoms with E-state index in [0.717, 1.165) is 28.2 Å². The number of ether oxygens (including phenoxy) is 7. The van der Waals surface area contributed by atoms with E-state index < -0.39 is 17.9 Å². The first-order valence-corrected chi connectivity index (χ1v) is 20.4. The van der Waals surface area contributed by atoms with E-state index in [1.165, 1.54) is 14.2 Å². The molecule has 12 nitrogen and oxygen atoms in total. The van der Waals surface area contributed by atoms with E-state index >= 15 is 0 Å². The fraction of sp³-hybridized carbons (Fsp3) is 0.231. The zero-order valence-electron chi connectivity index (χ0n) is 37.5. The number of phenols is 1. The molecule has 1 heterocycles. The van der Waals surface area contributed by atoms with Gasteiger partial charge in [0.1, 0.15) is 58.8 Å². The predicted molar refractivity (Wildman–Crippen MR) is 240 cm³/mol. The molecule has 0 spiro atoms. The summed E-state index contributed by atoms with van der Waals surface area (Å²) in [5.41, 5.74) is 7.62. The lowest BCUT2D eigenvalue weighted by Gasteiger charge is -2.21. The predicted octanol–water partition coefficient (Wildman–Crippen LogP) is 10.9. The molecule has 0 fully saturated rings. The highest BCUT2D eigenvalue weighted by molar-refractivity contribution is 5.99. The number of esters is 3. The molecule has 12 heteroatoms. The minimum absolute atomic E-state index is 0.147. The van der Waals surface area contributed by atoms with Gasteiger partial charge < -0.3 is 38.3 Å². The van der Waals surface area contributed by atoms with Crippen molar-refractivity contribution in [3.63, 3.8) is 0 Å².